The Morgan fingerprint density at radius 3 is 2.09 bits per heavy atom. The number of imide groups is 1. The lowest BCUT2D eigenvalue weighted by Gasteiger charge is -2.27. The first-order chi connectivity index (χ1) is 11.6. The molecule has 0 unspecified atom stereocenters. The summed E-state index contributed by atoms with van der Waals surface area (Å²) in [5.41, 5.74) is 1.32. The maximum absolute atomic E-state index is 12.9. The minimum Gasteiger partial charge on any atom is -0.298 e. The number of anilines is 1. The van der Waals surface area contributed by atoms with Gasteiger partial charge >= 0.3 is 0 Å². The van der Waals surface area contributed by atoms with Crippen molar-refractivity contribution in [3.63, 3.8) is 0 Å². The molecule has 3 aromatic rings. The van der Waals surface area contributed by atoms with Crippen molar-refractivity contribution >= 4 is 34.5 Å². The van der Waals surface area contributed by atoms with Crippen LogP contribution in [0.5, 0.6) is 0 Å². The maximum atomic E-state index is 12.9. The average Bonchev–Trinajstić information content (AvgIpc) is 2.60. The Bertz CT molecular complexity index is 991. The van der Waals surface area contributed by atoms with Crippen molar-refractivity contribution in [1.29, 1.82) is 0 Å². The van der Waals surface area contributed by atoms with Crippen molar-refractivity contribution in [2.75, 3.05) is 4.90 Å². The third kappa shape index (κ3) is 1.89. The van der Waals surface area contributed by atoms with Gasteiger partial charge in [-0.2, -0.15) is 0 Å². The van der Waals surface area contributed by atoms with Crippen LogP contribution in [0.4, 0.5) is 5.69 Å². The highest BCUT2D eigenvalue weighted by molar-refractivity contribution is 6.35. The van der Waals surface area contributed by atoms with Crippen LogP contribution < -0.4 is 4.90 Å². The Balaban J connectivity index is 1.94. The number of carbonyl (C=O) groups excluding carboxylic acids is 3. The molecule has 0 radical (unpaired) electrons. The number of rotatable bonds is 2. The van der Waals surface area contributed by atoms with Crippen molar-refractivity contribution in [1.82, 2.24) is 0 Å². The zero-order chi connectivity index (χ0) is 16.8. The zero-order valence-corrected chi connectivity index (χ0v) is 11.9. The van der Waals surface area contributed by atoms with Gasteiger partial charge in [-0.05, 0) is 29.7 Å². The second-order valence-corrected chi connectivity index (χ2v) is 5.31. The number of hydrogen-bond acceptors (Lipinski definition) is 3. The molecule has 0 aliphatic carbocycles. The minimum atomic E-state index is -0.865. The van der Waals surface area contributed by atoms with Crippen molar-refractivity contribution in [2.24, 2.45) is 0 Å². The summed E-state index contributed by atoms with van der Waals surface area (Å²) in [7, 11) is 0. The molecule has 0 bridgehead atoms. The van der Waals surface area contributed by atoms with E-state index in [9.17, 15) is 14.4 Å². The first-order valence-electron chi connectivity index (χ1n) is 7.59. The van der Waals surface area contributed by atoms with E-state index >= 15 is 0 Å². The molecule has 110 valence electrons. The predicted octanol–water partition coefficient (Wildman–Crippen LogP) is 3.45. The molecule has 2 amide bonds. The summed E-state index contributed by atoms with van der Waals surface area (Å²) in [6.45, 7) is 0. The lowest BCUT2D eigenvalue weighted by molar-refractivity contribution is 0.0892. The van der Waals surface area contributed by atoms with Crippen molar-refractivity contribution in [3.8, 4) is 0 Å². The van der Waals surface area contributed by atoms with Gasteiger partial charge in [-0.25, -0.2) is 4.90 Å². The van der Waals surface area contributed by atoms with Gasteiger partial charge in [0.2, 0.25) is 0 Å². The van der Waals surface area contributed by atoms with Gasteiger partial charge in [0.25, 0.3) is 11.8 Å². The summed E-state index contributed by atoms with van der Waals surface area (Å²) in [5.74, 6) is -0.863. The number of carbonyl (C=O) groups is 3. The molecule has 0 N–H and O–H groups in total. The first-order valence-corrected chi connectivity index (χ1v) is 7.09. The summed E-state index contributed by atoms with van der Waals surface area (Å²) in [4.78, 5) is 38.1. The van der Waals surface area contributed by atoms with Gasteiger partial charge in [0.1, 0.15) is 7.63 Å². The molecule has 0 saturated heterocycles. The number of amides is 2. The van der Waals surface area contributed by atoms with Crippen LogP contribution in [0.3, 0.4) is 0 Å². The molecule has 4 rings (SSSR count). The van der Waals surface area contributed by atoms with E-state index in [-0.39, 0.29) is 11.3 Å². The van der Waals surface area contributed by atoms with Crippen LogP contribution in [0.25, 0.3) is 10.8 Å². The van der Waals surface area contributed by atoms with Crippen LogP contribution in [0, 0.1) is 0 Å². The predicted molar refractivity (Wildman–Crippen MR) is 86.9 cm³/mol. The highest BCUT2D eigenvalue weighted by Crippen LogP contribution is 2.32. The lowest BCUT2D eigenvalue weighted by atomic mass is 9.93. The van der Waals surface area contributed by atoms with Crippen LogP contribution in [0.2, 0.25) is 0 Å². The Hall–Kier alpha value is -3.27. The summed E-state index contributed by atoms with van der Waals surface area (Å²) in [5, 5.41) is 1.49. The summed E-state index contributed by atoms with van der Waals surface area (Å²) in [6, 6.07) is 16.6. The third-order valence-electron chi connectivity index (χ3n) is 3.99. The van der Waals surface area contributed by atoms with Crippen LogP contribution in [0.1, 0.15) is 32.4 Å². The van der Waals surface area contributed by atoms with Gasteiger partial charge in [0, 0.05) is 22.1 Å². The van der Waals surface area contributed by atoms with Crippen LogP contribution in [0.15, 0.2) is 60.7 Å². The molecule has 0 aromatic heterocycles. The van der Waals surface area contributed by atoms with E-state index in [1.165, 1.54) is 12.1 Å². The SMILES string of the molecule is [2H]C(=O)c1cccc(N2C(=O)c3cccc4cccc(c34)C2=O)c1. The fourth-order valence-corrected chi connectivity index (χ4v) is 2.97. The summed E-state index contributed by atoms with van der Waals surface area (Å²) in [6.07, 6.45) is -0.865. The highest BCUT2D eigenvalue weighted by Gasteiger charge is 2.33. The first kappa shape index (κ1) is 12.3. The van der Waals surface area contributed by atoms with E-state index in [1.54, 1.807) is 36.4 Å². The zero-order valence-electron chi connectivity index (χ0n) is 12.9. The lowest BCUT2D eigenvalue weighted by Crippen LogP contribution is -2.40. The second kappa shape index (κ2) is 4.88. The fourth-order valence-electron chi connectivity index (χ4n) is 2.97. The molecule has 1 heterocycles. The molecule has 0 fully saturated rings. The van der Waals surface area contributed by atoms with Crippen LogP contribution >= 0.6 is 0 Å². The van der Waals surface area contributed by atoms with Gasteiger partial charge in [-0.15, -0.1) is 0 Å². The summed E-state index contributed by atoms with van der Waals surface area (Å²) >= 11 is 0. The normalized spacial score (nSPS) is 14.1. The van der Waals surface area contributed by atoms with Gasteiger partial charge in [-0.3, -0.25) is 14.4 Å². The minimum absolute atomic E-state index is 0.130. The molecule has 0 saturated carbocycles. The van der Waals surface area contributed by atoms with Gasteiger partial charge in [0.15, 0.2) is 0 Å². The van der Waals surface area contributed by atoms with Crippen molar-refractivity contribution in [2.45, 2.75) is 0 Å². The number of nitrogens with zero attached hydrogens (tertiary/aromatic N) is 1. The molecule has 23 heavy (non-hydrogen) atoms. The van der Waals surface area contributed by atoms with E-state index in [0.717, 1.165) is 10.3 Å². The molecular formula is C19H11NO3. The van der Waals surface area contributed by atoms with Gasteiger partial charge in [0.05, 0.1) is 5.69 Å². The quantitative estimate of drug-likeness (QED) is 0.538. The Morgan fingerprint density at radius 2 is 1.48 bits per heavy atom. The third-order valence-corrected chi connectivity index (χ3v) is 3.99. The van der Waals surface area contributed by atoms with E-state index in [4.69, 9.17) is 1.37 Å². The molecule has 4 heteroatoms. The monoisotopic (exact) mass is 302 g/mol. The molecule has 3 aromatic carbocycles. The fraction of sp³-hybridized carbons (Fsp3) is 0. The standard InChI is InChI=1S/C19H11NO3/c21-11-12-4-1-7-14(10-12)20-18(22)15-8-2-5-13-6-3-9-16(17(13)15)19(20)23/h1-11H/i11D. The highest BCUT2D eigenvalue weighted by atomic mass is 16.2. The molecule has 1 aliphatic rings. The van der Waals surface area contributed by atoms with Crippen molar-refractivity contribution < 1.29 is 15.8 Å². The van der Waals surface area contributed by atoms with E-state index in [1.807, 2.05) is 12.1 Å². The average molecular weight is 302 g/mol. The van der Waals surface area contributed by atoms with E-state index in [0.29, 0.717) is 16.5 Å². The summed E-state index contributed by atoms with van der Waals surface area (Å²) < 4.78 is 7.21. The smallest absolute Gasteiger partial charge is 0.265 e. The molecule has 0 spiro atoms. The topological polar surface area (TPSA) is 54.5 Å². The molecule has 1 aliphatic heterocycles. The Kier molecular flexibility index (Phi) is 2.61. The molecular weight excluding hydrogens is 290 g/mol. The second-order valence-electron chi connectivity index (χ2n) is 5.31. The molecule has 4 nitrogen and oxygen atoms in total. The van der Waals surface area contributed by atoms with E-state index < -0.39 is 18.1 Å². The van der Waals surface area contributed by atoms with E-state index in [2.05, 4.69) is 0 Å². The van der Waals surface area contributed by atoms with Crippen LogP contribution in [-0.4, -0.2) is 18.1 Å². The molecule has 0 atom stereocenters. The number of hydrogen-bond donors (Lipinski definition) is 0. The number of benzene rings is 3. The Morgan fingerprint density at radius 1 is 0.870 bits per heavy atom. The maximum Gasteiger partial charge on any atom is 0.265 e. The van der Waals surface area contributed by atoms with Gasteiger partial charge in [-0.1, -0.05) is 36.4 Å². The number of aldehydes is 1. The van der Waals surface area contributed by atoms with Crippen molar-refractivity contribution in [3.05, 3.63) is 77.4 Å². The van der Waals surface area contributed by atoms with Crippen LogP contribution in [-0.2, 0) is 0 Å². The Labute approximate surface area is 133 Å². The van der Waals surface area contributed by atoms with Gasteiger partial charge < -0.3 is 0 Å². The largest absolute Gasteiger partial charge is 0.298 e.